The van der Waals surface area contributed by atoms with Gasteiger partial charge in [-0.15, -0.1) is 0 Å². The number of pyridine rings is 1. The second kappa shape index (κ2) is 2.59. The minimum atomic E-state index is 0.410. The third kappa shape index (κ3) is 1.15. The summed E-state index contributed by atoms with van der Waals surface area (Å²) < 4.78 is 0. The molecule has 1 heterocycles. The van der Waals surface area contributed by atoms with Gasteiger partial charge in [-0.05, 0) is 19.4 Å². The molecule has 0 aliphatic heterocycles. The van der Waals surface area contributed by atoms with Crippen LogP contribution in [0.25, 0.3) is 0 Å². The van der Waals surface area contributed by atoms with Crippen LogP contribution in [0.5, 0.6) is 0 Å². The molecule has 3 heteroatoms. The molecule has 0 saturated carbocycles. The zero-order valence-corrected chi connectivity index (χ0v) is 6.55. The van der Waals surface area contributed by atoms with Gasteiger partial charge in [-0.3, -0.25) is 0 Å². The molecule has 56 valence electrons. The Kier molecular flexibility index (Phi) is 1.77. The standard InChI is InChI=1S/C8H9N3/c1-5-4-11-7(3-9)6(2)8(5)10/h4H,1-2H3,(H2,10,11). The van der Waals surface area contributed by atoms with Gasteiger partial charge < -0.3 is 5.73 Å². The number of anilines is 1. The van der Waals surface area contributed by atoms with Crippen LogP contribution in [-0.2, 0) is 0 Å². The summed E-state index contributed by atoms with van der Waals surface area (Å²) in [7, 11) is 0. The number of nitrogen functional groups attached to an aromatic ring is 1. The first-order chi connectivity index (χ1) is 5.16. The summed E-state index contributed by atoms with van der Waals surface area (Å²) in [5, 5.41) is 8.57. The molecule has 0 fully saturated rings. The van der Waals surface area contributed by atoms with Gasteiger partial charge in [-0.2, -0.15) is 5.26 Å². The molecule has 1 aromatic heterocycles. The van der Waals surface area contributed by atoms with Crippen molar-refractivity contribution >= 4 is 5.69 Å². The maximum absolute atomic E-state index is 8.57. The second-order valence-corrected chi connectivity index (χ2v) is 2.44. The number of nitrogens with two attached hydrogens (primary N) is 1. The molecule has 0 aromatic carbocycles. The van der Waals surface area contributed by atoms with Crippen molar-refractivity contribution < 1.29 is 0 Å². The number of aryl methyl sites for hydroxylation is 1. The van der Waals surface area contributed by atoms with Gasteiger partial charge in [-0.1, -0.05) is 0 Å². The second-order valence-electron chi connectivity index (χ2n) is 2.44. The van der Waals surface area contributed by atoms with Crippen molar-refractivity contribution in [2.75, 3.05) is 5.73 Å². The van der Waals surface area contributed by atoms with Gasteiger partial charge in [0.15, 0.2) is 0 Å². The van der Waals surface area contributed by atoms with Gasteiger partial charge in [0.25, 0.3) is 0 Å². The first-order valence-corrected chi connectivity index (χ1v) is 3.28. The van der Waals surface area contributed by atoms with E-state index in [2.05, 4.69) is 4.98 Å². The van der Waals surface area contributed by atoms with Gasteiger partial charge in [0, 0.05) is 17.4 Å². The summed E-state index contributed by atoms with van der Waals surface area (Å²) >= 11 is 0. The lowest BCUT2D eigenvalue weighted by molar-refractivity contribution is 1.18. The molecule has 2 N–H and O–H groups in total. The predicted molar refractivity (Wildman–Crippen MR) is 42.8 cm³/mol. The normalized spacial score (nSPS) is 9.18. The Bertz CT molecular complexity index is 323. The number of hydrogen-bond acceptors (Lipinski definition) is 3. The first kappa shape index (κ1) is 7.55. The molecule has 1 aromatic rings. The zero-order valence-electron chi connectivity index (χ0n) is 6.55. The first-order valence-electron chi connectivity index (χ1n) is 3.28. The topological polar surface area (TPSA) is 62.7 Å². The van der Waals surface area contributed by atoms with Crippen molar-refractivity contribution in [1.82, 2.24) is 4.98 Å². The average Bonchev–Trinajstić information content (AvgIpc) is 2.01. The Balaban J connectivity index is 3.40. The van der Waals surface area contributed by atoms with E-state index >= 15 is 0 Å². The van der Waals surface area contributed by atoms with E-state index in [4.69, 9.17) is 11.0 Å². The summed E-state index contributed by atoms with van der Waals surface area (Å²) in [6, 6.07) is 1.97. The van der Waals surface area contributed by atoms with Crippen LogP contribution in [0.3, 0.4) is 0 Å². The van der Waals surface area contributed by atoms with Gasteiger partial charge in [0.1, 0.15) is 11.8 Å². The van der Waals surface area contributed by atoms with E-state index in [0.29, 0.717) is 11.4 Å². The summed E-state index contributed by atoms with van der Waals surface area (Å²) in [5.41, 5.74) is 8.43. The predicted octanol–water partition coefficient (Wildman–Crippen LogP) is 1.15. The van der Waals surface area contributed by atoms with Gasteiger partial charge in [0.2, 0.25) is 0 Å². The van der Waals surface area contributed by atoms with Crippen LogP contribution in [0.1, 0.15) is 16.8 Å². The van der Waals surface area contributed by atoms with Crippen molar-refractivity contribution in [3.05, 3.63) is 23.0 Å². The Labute approximate surface area is 65.5 Å². The Hall–Kier alpha value is -1.56. The van der Waals surface area contributed by atoms with Crippen molar-refractivity contribution in [3.8, 4) is 6.07 Å². The SMILES string of the molecule is Cc1cnc(C#N)c(C)c1N. The van der Waals surface area contributed by atoms with E-state index in [1.54, 1.807) is 13.1 Å². The molecule has 0 amide bonds. The van der Waals surface area contributed by atoms with Crippen LogP contribution in [0.4, 0.5) is 5.69 Å². The summed E-state index contributed by atoms with van der Waals surface area (Å²) in [4.78, 5) is 3.92. The fourth-order valence-corrected chi connectivity index (χ4v) is 0.864. The molecule has 0 radical (unpaired) electrons. The molecular formula is C8H9N3. The van der Waals surface area contributed by atoms with Crippen LogP contribution in [0.2, 0.25) is 0 Å². The smallest absolute Gasteiger partial charge is 0.145 e. The van der Waals surface area contributed by atoms with Crippen LogP contribution in [-0.4, -0.2) is 4.98 Å². The number of aromatic nitrogens is 1. The van der Waals surface area contributed by atoms with Gasteiger partial charge in [0.05, 0.1) is 0 Å². The number of nitriles is 1. The van der Waals surface area contributed by atoms with Crippen LogP contribution >= 0.6 is 0 Å². The third-order valence-electron chi connectivity index (χ3n) is 1.68. The Morgan fingerprint density at radius 1 is 1.55 bits per heavy atom. The highest BCUT2D eigenvalue weighted by Gasteiger charge is 2.03. The van der Waals surface area contributed by atoms with Crippen molar-refractivity contribution in [2.45, 2.75) is 13.8 Å². The zero-order chi connectivity index (χ0) is 8.43. The molecule has 3 nitrogen and oxygen atoms in total. The lowest BCUT2D eigenvalue weighted by Crippen LogP contribution is -1.98. The molecule has 0 bridgehead atoms. The van der Waals surface area contributed by atoms with E-state index in [1.165, 1.54) is 0 Å². The monoisotopic (exact) mass is 147 g/mol. The highest BCUT2D eigenvalue weighted by atomic mass is 14.7. The van der Waals surface area contributed by atoms with E-state index in [9.17, 15) is 0 Å². The van der Waals surface area contributed by atoms with Crippen LogP contribution in [0, 0.1) is 25.2 Å². The number of rotatable bonds is 0. The molecule has 0 spiro atoms. The van der Waals surface area contributed by atoms with Gasteiger partial charge >= 0.3 is 0 Å². The summed E-state index contributed by atoms with van der Waals surface area (Å²) in [6.07, 6.45) is 1.61. The fraction of sp³-hybridized carbons (Fsp3) is 0.250. The maximum atomic E-state index is 8.57. The number of nitrogens with zero attached hydrogens (tertiary/aromatic N) is 2. The van der Waals surface area contributed by atoms with Crippen molar-refractivity contribution in [1.29, 1.82) is 5.26 Å². The Morgan fingerprint density at radius 2 is 2.18 bits per heavy atom. The van der Waals surface area contributed by atoms with Crippen molar-refractivity contribution in [3.63, 3.8) is 0 Å². The summed E-state index contributed by atoms with van der Waals surface area (Å²) in [6.45, 7) is 3.67. The lowest BCUT2D eigenvalue weighted by Gasteiger charge is -2.03. The van der Waals surface area contributed by atoms with E-state index in [-0.39, 0.29) is 0 Å². The quantitative estimate of drug-likeness (QED) is 0.598. The highest BCUT2D eigenvalue weighted by Crippen LogP contribution is 2.16. The van der Waals surface area contributed by atoms with E-state index < -0.39 is 0 Å². The van der Waals surface area contributed by atoms with Crippen LogP contribution in [0.15, 0.2) is 6.20 Å². The molecule has 0 saturated heterocycles. The lowest BCUT2D eigenvalue weighted by atomic mass is 10.1. The molecule has 0 atom stereocenters. The minimum absolute atomic E-state index is 0.410. The average molecular weight is 147 g/mol. The van der Waals surface area contributed by atoms with E-state index in [0.717, 1.165) is 11.1 Å². The third-order valence-corrected chi connectivity index (χ3v) is 1.68. The number of hydrogen-bond donors (Lipinski definition) is 1. The summed E-state index contributed by atoms with van der Waals surface area (Å²) in [5.74, 6) is 0. The molecule has 1 rings (SSSR count). The van der Waals surface area contributed by atoms with Crippen molar-refractivity contribution in [2.24, 2.45) is 0 Å². The molecular weight excluding hydrogens is 138 g/mol. The molecule has 11 heavy (non-hydrogen) atoms. The molecule has 0 unspecified atom stereocenters. The minimum Gasteiger partial charge on any atom is -0.398 e. The molecule has 0 aliphatic carbocycles. The maximum Gasteiger partial charge on any atom is 0.145 e. The Morgan fingerprint density at radius 3 is 2.73 bits per heavy atom. The largest absolute Gasteiger partial charge is 0.398 e. The fourth-order valence-electron chi connectivity index (χ4n) is 0.864. The van der Waals surface area contributed by atoms with Gasteiger partial charge in [-0.25, -0.2) is 4.98 Å². The van der Waals surface area contributed by atoms with Crippen LogP contribution < -0.4 is 5.73 Å². The molecule has 0 aliphatic rings. The highest BCUT2D eigenvalue weighted by molar-refractivity contribution is 5.55. The van der Waals surface area contributed by atoms with E-state index in [1.807, 2.05) is 13.0 Å².